The van der Waals surface area contributed by atoms with Gasteiger partial charge in [0.25, 0.3) is 0 Å². The number of aliphatic imine (C=N–C) groups is 1. The lowest BCUT2D eigenvalue weighted by Crippen LogP contribution is -2.17. The Morgan fingerprint density at radius 2 is 2.00 bits per heavy atom. The van der Waals surface area contributed by atoms with E-state index >= 15 is 0 Å². The van der Waals surface area contributed by atoms with E-state index in [2.05, 4.69) is 24.8 Å². The number of alkyl halides is 3. The standard InChI is InChI=1S/C14H11ClF3N5O2/c15-9-5-21-13(22-6-9)24-8-11(23-19)7-20-10-2-1-3-12(4-10)25-14(16,17)18/h1-7H,8,19H2. The maximum atomic E-state index is 12.2. The molecule has 0 radical (unpaired) electrons. The molecule has 0 saturated heterocycles. The number of hydrazone groups is 1. The van der Waals surface area contributed by atoms with Crippen LogP contribution in [0.3, 0.4) is 0 Å². The molecular formula is C14H11ClF3N5O2. The van der Waals surface area contributed by atoms with Crippen molar-refractivity contribution in [3.05, 3.63) is 41.7 Å². The molecule has 2 rings (SSSR count). The van der Waals surface area contributed by atoms with Crippen LogP contribution in [0.25, 0.3) is 0 Å². The van der Waals surface area contributed by atoms with E-state index in [1.54, 1.807) is 0 Å². The molecule has 132 valence electrons. The summed E-state index contributed by atoms with van der Waals surface area (Å²) in [5.41, 5.74) is 0.423. The third kappa shape index (κ3) is 6.63. The van der Waals surface area contributed by atoms with Crippen LogP contribution in [0.1, 0.15) is 0 Å². The fourth-order valence-electron chi connectivity index (χ4n) is 1.53. The molecule has 2 aromatic rings. The zero-order valence-corrected chi connectivity index (χ0v) is 13.2. The Kier molecular flexibility index (Phi) is 6.12. The normalized spacial score (nSPS) is 12.4. The lowest BCUT2D eigenvalue weighted by atomic mass is 10.3. The number of nitrogens with two attached hydrogens (primary N) is 1. The highest BCUT2D eigenvalue weighted by Gasteiger charge is 2.31. The van der Waals surface area contributed by atoms with Crippen LogP contribution >= 0.6 is 11.6 Å². The molecule has 0 aliphatic heterocycles. The molecule has 0 atom stereocenters. The van der Waals surface area contributed by atoms with Gasteiger partial charge in [0.1, 0.15) is 18.1 Å². The number of hydrogen-bond donors (Lipinski definition) is 1. The van der Waals surface area contributed by atoms with Crippen molar-refractivity contribution in [2.45, 2.75) is 6.36 Å². The highest BCUT2D eigenvalue weighted by Crippen LogP contribution is 2.26. The third-order valence-corrected chi connectivity index (χ3v) is 2.72. The van der Waals surface area contributed by atoms with Crippen LogP contribution in [-0.4, -0.2) is 34.9 Å². The minimum atomic E-state index is -4.78. The highest BCUT2D eigenvalue weighted by molar-refractivity contribution is 6.31. The van der Waals surface area contributed by atoms with E-state index in [1.165, 1.54) is 30.7 Å². The van der Waals surface area contributed by atoms with Gasteiger partial charge in [0, 0.05) is 6.07 Å². The van der Waals surface area contributed by atoms with Crippen molar-refractivity contribution >= 4 is 29.2 Å². The molecule has 25 heavy (non-hydrogen) atoms. The maximum Gasteiger partial charge on any atom is 0.573 e. The Morgan fingerprint density at radius 3 is 2.64 bits per heavy atom. The summed E-state index contributed by atoms with van der Waals surface area (Å²) in [5, 5.41) is 3.82. The molecule has 0 bridgehead atoms. The first-order chi connectivity index (χ1) is 11.9. The van der Waals surface area contributed by atoms with Gasteiger partial charge in [-0.05, 0) is 12.1 Å². The molecule has 1 aromatic heterocycles. The van der Waals surface area contributed by atoms with Crippen LogP contribution in [-0.2, 0) is 0 Å². The molecule has 0 amide bonds. The number of ether oxygens (including phenoxy) is 2. The Morgan fingerprint density at radius 1 is 1.28 bits per heavy atom. The number of aromatic nitrogens is 2. The fourth-order valence-corrected chi connectivity index (χ4v) is 1.63. The van der Waals surface area contributed by atoms with Crippen LogP contribution in [0, 0.1) is 0 Å². The van der Waals surface area contributed by atoms with Crippen molar-refractivity contribution in [2.24, 2.45) is 15.9 Å². The number of hydrogen-bond acceptors (Lipinski definition) is 7. The second-order valence-electron chi connectivity index (χ2n) is 4.40. The van der Waals surface area contributed by atoms with Crippen molar-refractivity contribution in [1.29, 1.82) is 0 Å². The lowest BCUT2D eigenvalue weighted by Gasteiger charge is -2.08. The quantitative estimate of drug-likeness (QED) is 0.477. The summed E-state index contributed by atoms with van der Waals surface area (Å²) in [6.07, 6.45) is -0.839. The van der Waals surface area contributed by atoms with E-state index < -0.39 is 6.36 Å². The first-order valence-electron chi connectivity index (χ1n) is 6.63. The van der Waals surface area contributed by atoms with Crippen LogP contribution in [0.5, 0.6) is 11.8 Å². The molecule has 0 spiro atoms. The summed E-state index contributed by atoms with van der Waals surface area (Å²) in [6.45, 7) is -0.0969. The van der Waals surface area contributed by atoms with Gasteiger partial charge in [0.15, 0.2) is 0 Å². The van der Waals surface area contributed by atoms with E-state index in [-0.39, 0.29) is 29.8 Å². The second-order valence-corrected chi connectivity index (χ2v) is 4.83. The molecule has 1 heterocycles. The van der Waals surface area contributed by atoms with Gasteiger partial charge in [0.05, 0.1) is 29.3 Å². The third-order valence-electron chi connectivity index (χ3n) is 2.53. The number of benzene rings is 1. The van der Waals surface area contributed by atoms with Crippen molar-refractivity contribution < 1.29 is 22.6 Å². The highest BCUT2D eigenvalue weighted by atomic mass is 35.5. The van der Waals surface area contributed by atoms with Crippen LogP contribution in [0.15, 0.2) is 46.8 Å². The zero-order chi connectivity index (χ0) is 18.3. The molecule has 1 aromatic carbocycles. The van der Waals surface area contributed by atoms with E-state index in [1.807, 2.05) is 0 Å². The lowest BCUT2D eigenvalue weighted by molar-refractivity contribution is -0.274. The zero-order valence-electron chi connectivity index (χ0n) is 12.4. The van der Waals surface area contributed by atoms with Crippen molar-refractivity contribution in [3.63, 3.8) is 0 Å². The predicted molar refractivity (Wildman–Crippen MR) is 85.4 cm³/mol. The SMILES string of the molecule is NN=C(C=Nc1cccc(OC(F)(F)F)c1)COc1ncc(Cl)cn1. The monoisotopic (exact) mass is 373 g/mol. The molecule has 11 heteroatoms. The first kappa shape index (κ1) is 18.5. The van der Waals surface area contributed by atoms with Crippen molar-refractivity contribution in [2.75, 3.05) is 6.61 Å². The Hall–Kier alpha value is -2.88. The number of rotatable bonds is 6. The summed E-state index contributed by atoms with van der Waals surface area (Å²) >= 11 is 5.65. The topological polar surface area (TPSA) is 95.0 Å². The summed E-state index contributed by atoms with van der Waals surface area (Å²) in [6, 6.07) is 5.17. The fraction of sp³-hybridized carbons (Fsp3) is 0.143. The van der Waals surface area contributed by atoms with Crippen molar-refractivity contribution in [3.8, 4) is 11.8 Å². The minimum Gasteiger partial charge on any atom is -0.457 e. The van der Waals surface area contributed by atoms with Crippen LogP contribution in [0.4, 0.5) is 18.9 Å². The minimum absolute atomic E-state index is 0.0551. The number of nitrogens with zero attached hydrogens (tertiary/aromatic N) is 4. The summed E-state index contributed by atoms with van der Waals surface area (Å²) < 4.78 is 45.6. The Bertz CT molecular complexity index is 766. The number of halogens is 4. The molecule has 0 aliphatic rings. The average molecular weight is 374 g/mol. The molecule has 7 nitrogen and oxygen atoms in total. The summed E-state index contributed by atoms with van der Waals surface area (Å²) in [4.78, 5) is 11.6. The van der Waals surface area contributed by atoms with Crippen molar-refractivity contribution in [1.82, 2.24) is 9.97 Å². The summed E-state index contributed by atoms with van der Waals surface area (Å²) in [5.74, 6) is 4.83. The van der Waals surface area contributed by atoms with E-state index in [9.17, 15) is 13.2 Å². The Labute approximate surface area is 145 Å². The smallest absolute Gasteiger partial charge is 0.457 e. The predicted octanol–water partition coefficient (Wildman–Crippen LogP) is 3.12. The second kappa shape index (κ2) is 8.29. The molecule has 2 N–H and O–H groups in total. The first-order valence-corrected chi connectivity index (χ1v) is 7.00. The van der Waals surface area contributed by atoms with Gasteiger partial charge in [-0.15, -0.1) is 13.2 Å². The van der Waals surface area contributed by atoms with Crippen LogP contribution < -0.4 is 15.3 Å². The molecule has 0 aliphatic carbocycles. The maximum absolute atomic E-state index is 12.2. The van der Waals surface area contributed by atoms with Gasteiger partial charge < -0.3 is 15.3 Å². The van der Waals surface area contributed by atoms with Gasteiger partial charge in [-0.25, -0.2) is 9.97 Å². The van der Waals surface area contributed by atoms with Gasteiger partial charge in [-0.3, -0.25) is 4.99 Å². The van der Waals surface area contributed by atoms with Gasteiger partial charge in [0.2, 0.25) is 0 Å². The Balaban J connectivity index is 1.98. The molecule has 0 unspecified atom stereocenters. The van der Waals surface area contributed by atoms with Crippen LogP contribution in [0.2, 0.25) is 5.02 Å². The molecular weight excluding hydrogens is 363 g/mol. The van der Waals surface area contributed by atoms with Gasteiger partial charge in [-0.1, -0.05) is 17.7 Å². The summed E-state index contributed by atoms with van der Waals surface area (Å²) in [7, 11) is 0. The van der Waals surface area contributed by atoms with E-state index in [0.717, 1.165) is 12.1 Å². The van der Waals surface area contributed by atoms with E-state index in [0.29, 0.717) is 5.02 Å². The average Bonchev–Trinajstić information content (AvgIpc) is 2.55. The molecule has 0 fully saturated rings. The largest absolute Gasteiger partial charge is 0.573 e. The molecule has 0 saturated carbocycles. The van der Waals surface area contributed by atoms with Gasteiger partial charge >= 0.3 is 12.4 Å². The van der Waals surface area contributed by atoms with E-state index in [4.69, 9.17) is 22.2 Å². The van der Waals surface area contributed by atoms with Gasteiger partial charge in [-0.2, -0.15) is 5.10 Å².